The van der Waals surface area contributed by atoms with Gasteiger partial charge in [0.25, 0.3) is 0 Å². The van der Waals surface area contributed by atoms with Crippen molar-refractivity contribution in [3.8, 4) is 28.3 Å². The van der Waals surface area contributed by atoms with Crippen LogP contribution in [0.15, 0.2) is 85.5 Å². The summed E-state index contributed by atoms with van der Waals surface area (Å²) in [5.41, 5.74) is 6.25. The summed E-state index contributed by atoms with van der Waals surface area (Å²) in [7, 11) is 0. The predicted molar refractivity (Wildman–Crippen MR) is 123 cm³/mol. The molecule has 5 heterocycles. The van der Waals surface area contributed by atoms with Crippen LogP contribution in [0.1, 0.15) is 5.56 Å². The van der Waals surface area contributed by atoms with Crippen molar-refractivity contribution in [2.75, 3.05) is 0 Å². The van der Waals surface area contributed by atoms with E-state index in [1.807, 2.05) is 54.7 Å². The standard InChI is InChI=1S/C25H18N6O/c1-2-5-16(6-3-1)15-32-20-9-18(12-26-14-20)19-10-21-23(30-31-25(21)28-13-19)22-11-17-7-4-8-27-24(17)29-22/h1-14H,15H2,(H,27,29)(H,28,30,31). The second-order valence-corrected chi connectivity index (χ2v) is 7.50. The highest BCUT2D eigenvalue weighted by molar-refractivity contribution is 5.95. The molecule has 0 unspecified atom stereocenters. The number of pyridine rings is 3. The third kappa shape index (κ3) is 3.35. The first-order valence-electron chi connectivity index (χ1n) is 10.2. The van der Waals surface area contributed by atoms with Gasteiger partial charge in [-0.05, 0) is 35.9 Å². The van der Waals surface area contributed by atoms with Gasteiger partial charge in [-0.2, -0.15) is 5.10 Å². The van der Waals surface area contributed by atoms with Gasteiger partial charge in [0.05, 0.1) is 17.6 Å². The van der Waals surface area contributed by atoms with Gasteiger partial charge >= 0.3 is 0 Å². The number of H-pyrrole nitrogens is 2. The number of ether oxygens (including phenoxy) is 1. The summed E-state index contributed by atoms with van der Waals surface area (Å²) in [5, 5.41) is 9.44. The van der Waals surface area contributed by atoms with Crippen molar-refractivity contribution in [3.05, 3.63) is 91.0 Å². The van der Waals surface area contributed by atoms with Crippen LogP contribution >= 0.6 is 0 Å². The van der Waals surface area contributed by atoms with Gasteiger partial charge in [0.15, 0.2) is 5.65 Å². The molecule has 0 aliphatic heterocycles. The van der Waals surface area contributed by atoms with E-state index in [1.165, 1.54) is 0 Å². The number of aromatic nitrogens is 6. The quantitative estimate of drug-likeness (QED) is 0.404. The largest absolute Gasteiger partial charge is 0.487 e. The van der Waals surface area contributed by atoms with E-state index in [0.717, 1.165) is 44.5 Å². The van der Waals surface area contributed by atoms with E-state index >= 15 is 0 Å². The van der Waals surface area contributed by atoms with Crippen molar-refractivity contribution in [2.45, 2.75) is 6.61 Å². The molecule has 7 nitrogen and oxygen atoms in total. The third-order valence-corrected chi connectivity index (χ3v) is 5.37. The molecule has 32 heavy (non-hydrogen) atoms. The Kier molecular flexibility index (Phi) is 4.35. The summed E-state index contributed by atoms with van der Waals surface area (Å²) in [6.07, 6.45) is 7.11. The van der Waals surface area contributed by atoms with E-state index in [-0.39, 0.29) is 0 Å². The maximum absolute atomic E-state index is 5.94. The fourth-order valence-corrected chi connectivity index (χ4v) is 3.75. The van der Waals surface area contributed by atoms with Gasteiger partial charge < -0.3 is 9.72 Å². The molecule has 5 aromatic heterocycles. The summed E-state index contributed by atoms with van der Waals surface area (Å²) < 4.78 is 5.94. The molecule has 0 atom stereocenters. The average Bonchev–Trinajstić information content (AvgIpc) is 3.47. The van der Waals surface area contributed by atoms with Crippen molar-refractivity contribution in [3.63, 3.8) is 0 Å². The van der Waals surface area contributed by atoms with E-state index in [2.05, 4.69) is 42.3 Å². The van der Waals surface area contributed by atoms with Crippen LogP contribution in [-0.4, -0.2) is 30.1 Å². The van der Waals surface area contributed by atoms with Crippen LogP contribution in [0, 0.1) is 0 Å². The second kappa shape index (κ2) is 7.63. The Balaban J connectivity index is 1.34. The highest BCUT2D eigenvalue weighted by Gasteiger charge is 2.13. The van der Waals surface area contributed by atoms with Crippen LogP contribution in [-0.2, 0) is 6.61 Å². The molecule has 2 N–H and O–H groups in total. The van der Waals surface area contributed by atoms with E-state index in [1.54, 1.807) is 18.6 Å². The van der Waals surface area contributed by atoms with Crippen LogP contribution in [0.4, 0.5) is 0 Å². The summed E-state index contributed by atoms with van der Waals surface area (Å²) in [6, 6.07) is 20.1. The lowest BCUT2D eigenvalue weighted by atomic mass is 10.1. The highest BCUT2D eigenvalue weighted by atomic mass is 16.5. The van der Waals surface area contributed by atoms with Gasteiger partial charge in [0.1, 0.15) is 18.0 Å². The molecule has 0 saturated heterocycles. The number of hydrogen-bond donors (Lipinski definition) is 2. The first-order chi connectivity index (χ1) is 15.8. The van der Waals surface area contributed by atoms with Crippen LogP contribution in [0.3, 0.4) is 0 Å². The fourth-order valence-electron chi connectivity index (χ4n) is 3.75. The van der Waals surface area contributed by atoms with Crippen molar-refractivity contribution in [1.29, 1.82) is 0 Å². The third-order valence-electron chi connectivity index (χ3n) is 5.37. The zero-order valence-electron chi connectivity index (χ0n) is 17.0. The summed E-state index contributed by atoms with van der Waals surface area (Å²) in [4.78, 5) is 16.6. The molecule has 0 fully saturated rings. The SMILES string of the molecule is c1ccc(COc2cncc(-c3cnc4n[nH]c(-c5cc6cccnc6[nH]5)c4c3)c2)cc1. The number of nitrogens with zero attached hydrogens (tertiary/aromatic N) is 4. The number of fused-ring (bicyclic) bond motifs is 2. The van der Waals surface area contributed by atoms with Gasteiger partial charge in [0, 0.05) is 40.5 Å². The zero-order valence-corrected chi connectivity index (χ0v) is 17.0. The lowest BCUT2D eigenvalue weighted by Gasteiger charge is -2.08. The molecule has 0 aliphatic rings. The van der Waals surface area contributed by atoms with Crippen molar-refractivity contribution >= 4 is 22.1 Å². The molecule has 7 heteroatoms. The summed E-state index contributed by atoms with van der Waals surface area (Å²) in [5.74, 6) is 0.709. The molecule has 1 aromatic carbocycles. The van der Waals surface area contributed by atoms with Gasteiger partial charge in [-0.3, -0.25) is 10.1 Å². The van der Waals surface area contributed by atoms with E-state index in [0.29, 0.717) is 18.0 Å². The van der Waals surface area contributed by atoms with Gasteiger partial charge in [-0.1, -0.05) is 30.3 Å². The molecule has 154 valence electrons. The second-order valence-electron chi connectivity index (χ2n) is 7.50. The van der Waals surface area contributed by atoms with E-state index in [9.17, 15) is 0 Å². The van der Waals surface area contributed by atoms with Crippen molar-refractivity contribution in [1.82, 2.24) is 30.1 Å². The maximum atomic E-state index is 5.94. The zero-order chi connectivity index (χ0) is 21.3. The molecule has 0 radical (unpaired) electrons. The lowest BCUT2D eigenvalue weighted by molar-refractivity contribution is 0.305. The minimum absolute atomic E-state index is 0.490. The van der Waals surface area contributed by atoms with E-state index in [4.69, 9.17) is 4.74 Å². The number of nitrogens with one attached hydrogen (secondary N) is 2. The lowest BCUT2D eigenvalue weighted by Crippen LogP contribution is -1.96. The predicted octanol–water partition coefficient (Wildman–Crippen LogP) is 5.14. The smallest absolute Gasteiger partial charge is 0.181 e. The number of rotatable bonds is 5. The molecular weight excluding hydrogens is 400 g/mol. The van der Waals surface area contributed by atoms with Crippen LogP contribution in [0.5, 0.6) is 5.75 Å². The number of benzene rings is 1. The minimum atomic E-state index is 0.490. The Morgan fingerprint density at radius 3 is 2.66 bits per heavy atom. The van der Waals surface area contributed by atoms with Crippen LogP contribution in [0.25, 0.3) is 44.6 Å². The number of hydrogen-bond acceptors (Lipinski definition) is 5. The monoisotopic (exact) mass is 418 g/mol. The van der Waals surface area contributed by atoms with Crippen molar-refractivity contribution in [2.24, 2.45) is 0 Å². The van der Waals surface area contributed by atoms with Gasteiger partial charge in [0.2, 0.25) is 0 Å². The molecular formula is C25H18N6O. The average molecular weight is 418 g/mol. The van der Waals surface area contributed by atoms with Crippen LogP contribution in [0.2, 0.25) is 0 Å². The Morgan fingerprint density at radius 2 is 1.75 bits per heavy atom. The Morgan fingerprint density at radius 1 is 0.844 bits per heavy atom. The normalized spacial score (nSPS) is 11.2. The molecule has 6 rings (SSSR count). The first kappa shape index (κ1) is 18.3. The van der Waals surface area contributed by atoms with Gasteiger partial charge in [-0.15, -0.1) is 0 Å². The highest BCUT2D eigenvalue weighted by Crippen LogP contribution is 2.31. The van der Waals surface area contributed by atoms with Crippen molar-refractivity contribution < 1.29 is 4.74 Å². The Bertz CT molecular complexity index is 1500. The topological polar surface area (TPSA) is 92.4 Å². The first-order valence-corrected chi connectivity index (χ1v) is 10.2. The molecule has 0 saturated carbocycles. The number of aromatic amines is 2. The fraction of sp³-hybridized carbons (Fsp3) is 0.0400. The van der Waals surface area contributed by atoms with Crippen LogP contribution < -0.4 is 4.74 Å². The molecule has 0 amide bonds. The summed E-state index contributed by atoms with van der Waals surface area (Å²) >= 11 is 0. The maximum Gasteiger partial charge on any atom is 0.181 e. The Labute approximate surface area is 183 Å². The van der Waals surface area contributed by atoms with E-state index < -0.39 is 0 Å². The molecule has 0 bridgehead atoms. The van der Waals surface area contributed by atoms with Gasteiger partial charge in [-0.25, -0.2) is 9.97 Å². The minimum Gasteiger partial charge on any atom is -0.487 e. The molecule has 0 aliphatic carbocycles. The Hall–Kier alpha value is -4.52. The summed E-state index contributed by atoms with van der Waals surface area (Å²) in [6.45, 7) is 0.490. The molecule has 0 spiro atoms. The molecule has 6 aromatic rings.